The number of nitrogens with zero attached hydrogens (tertiary/aromatic N) is 2. The van der Waals surface area contributed by atoms with Gasteiger partial charge in [-0.15, -0.1) is 0 Å². The van der Waals surface area contributed by atoms with Crippen molar-refractivity contribution >= 4 is 33.3 Å². The fraction of sp³-hybridized carbons (Fsp3) is 0.227. The number of aromatic nitrogens is 2. The summed E-state index contributed by atoms with van der Waals surface area (Å²) in [6.45, 7) is 1.83. The molecule has 0 atom stereocenters. The van der Waals surface area contributed by atoms with Crippen molar-refractivity contribution in [1.82, 2.24) is 9.78 Å². The lowest BCUT2D eigenvalue weighted by atomic mass is 10.0. The molecule has 0 radical (unpaired) electrons. The molecule has 33 heavy (non-hydrogen) atoms. The van der Waals surface area contributed by atoms with Gasteiger partial charge in [0.1, 0.15) is 22.3 Å². The monoisotopic (exact) mass is 472 g/mol. The van der Waals surface area contributed by atoms with Crippen LogP contribution in [0, 0.1) is 5.82 Å². The number of hydrogen-bond acceptors (Lipinski definition) is 6. The molecule has 172 valence electrons. The first-order valence-electron chi connectivity index (χ1n) is 10.2. The molecule has 9 nitrogen and oxygen atoms in total. The average molecular weight is 472 g/mol. The minimum absolute atomic E-state index is 0.0118. The number of ether oxygens (including phenoxy) is 1. The Morgan fingerprint density at radius 2 is 1.94 bits per heavy atom. The third-order valence-electron chi connectivity index (χ3n) is 5.21. The van der Waals surface area contributed by atoms with Crippen LogP contribution in [0.2, 0.25) is 0 Å². The lowest BCUT2D eigenvalue weighted by molar-refractivity contribution is -0.116. The summed E-state index contributed by atoms with van der Waals surface area (Å²) in [6, 6.07) is 9.80. The van der Waals surface area contributed by atoms with Crippen molar-refractivity contribution in [3.63, 3.8) is 0 Å². The molecule has 0 saturated heterocycles. The number of carbonyl (C=O) groups is 2. The van der Waals surface area contributed by atoms with E-state index < -0.39 is 15.8 Å². The summed E-state index contributed by atoms with van der Waals surface area (Å²) in [6.07, 6.45) is 0.468. The van der Waals surface area contributed by atoms with E-state index in [1.54, 1.807) is 6.07 Å². The highest BCUT2D eigenvalue weighted by Crippen LogP contribution is 2.37. The fourth-order valence-corrected chi connectivity index (χ4v) is 4.88. The molecular formula is C22H21FN4O5S. The smallest absolute Gasteiger partial charge is 0.265 e. The maximum atomic E-state index is 14.1. The molecule has 1 amide bonds. The number of amides is 1. The van der Waals surface area contributed by atoms with Gasteiger partial charge in [0.15, 0.2) is 0 Å². The van der Waals surface area contributed by atoms with Crippen LogP contribution in [0.25, 0.3) is 11.1 Å². The lowest BCUT2D eigenvalue weighted by Gasteiger charge is -2.14. The van der Waals surface area contributed by atoms with E-state index in [2.05, 4.69) is 15.1 Å². The minimum atomic E-state index is -4.26. The molecule has 0 bridgehead atoms. The number of carbonyl (C=O) groups excluding carboxylic acids is 2. The van der Waals surface area contributed by atoms with Gasteiger partial charge in [0.25, 0.3) is 10.0 Å². The second-order valence-corrected chi connectivity index (χ2v) is 8.98. The Kier molecular flexibility index (Phi) is 5.90. The van der Waals surface area contributed by atoms with Crippen LogP contribution in [-0.2, 0) is 21.2 Å². The Morgan fingerprint density at radius 1 is 1.18 bits per heavy atom. The first-order chi connectivity index (χ1) is 15.7. The first kappa shape index (κ1) is 22.5. The number of aryl methyl sites for hydroxylation is 1. The van der Waals surface area contributed by atoms with Crippen LogP contribution in [-0.4, -0.2) is 37.1 Å². The summed E-state index contributed by atoms with van der Waals surface area (Å²) in [5, 5.41) is 7.04. The largest absolute Gasteiger partial charge is 0.495 e. The fourth-order valence-electron chi connectivity index (χ4n) is 3.62. The van der Waals surface area contributed by atoms with Gasteiger partial charge >= 0.3 is 0 Å². The Labute approximate surface area is 189 Å². The molecule has 2 aromatic carbocycles. The number of anilines is 2. The third-order valence-corrected chi connectivity index (χ3v) is 6.60. The van der Waals surface area contributed by atoms with Crippen molar-refractivity contribution < 1.29 is 27.1 Å². The summed E-state index contributed by atoms with van der Waals surface area (Å²) in [5.41, 5.74) is 1.14. The molecule has 4 rings (SSSR count). The third kappa shape index (κ3) is 4.19. The Bertz CT molecular complexity index is 1370. The molecule has 1 aromatic heterocycles. The molecule has 0 unspecified atom stereocenters. The van der Waals surface area contributed by atoms with Gasteiger partial charge in [-0.25, -0.2) is 12.8 Å². The maximum Gasteiger partial charge on any atom is 0.265 e. The van der Waals surface area contributed by atoms with E-state index >= 15 is 0 Å². The second kappa shape index (κ2) is 8.66. The summed E-state index contributed by atoms with van der Waals surface area (Å²) in [7, 11) is -2.94. The highest BCUT2D eigenvalue weighted by molar-refractivity contribution is 7.92. The summed E-state index contributed by atoms with van der Waals surface area (Å²) >= 11 is 0. The molecule has 0 aliphatic carbocycles. The van der Waals surface area contributed by atoms with Crippen LogP contribution >= 0.6 is 0 Å². The van der Waals surface area contributed by atoms with Gasteiger partial charge in [0.05, 0.1) is 18.5 Å². The standard InChI is InChI=1S/C22H21FN4O5S/c1-3-15-21(22-24-19(28)10-11-20(29)27(22)25-15)13-8-9-17(32-2)18(12-13)33(30,31)26-16-7-5-4-6-14(16)23/h4-9,12,26H,3,10-11H2,1-2H3,(H,24,28). The first-order valence-corrected chi connectivity index (χ1v) is 11.6. The van der Waals surface area contributed by atoms with E-state index in [0.717, 1.165) is 10.7 Å². The minimum Gasteiger partial charge on any atom is -0.495 e. The second-order valence-electron chi connectivity index (χ2n) is 7.33. The number of benzene rings is 2. The van der Waals surface area contributed by atoms with E-state index in [0.29, 0.717) is 23.2 Å². The van der Waals surface area contributed by atoms with Gasteiger partial charge in [0, 0.05) is 18.4 Å². The van der Waals surface area contributed by atoms with Crippen molar-refractivity contribution in [1.29, 1.82) is 0 Å². The van der Waals surface area contributed by atoms with E-state index in [1.807, 2.05) is 6.92 Å². The van der Waals surface area contributed by atoms with E-state index in [-0.39, 0.29) is 46.8 Å². The van der Waals surface area contributed by atoms with Crippen LogP contribution in [0.3, 0.4) is 0 Å². The number of fused-ring (bicyclic) bond motifs is 1. The number of nitrogens with one attached hydrogen (secondary N) is 2. The van der Waals surface area contributed by atoms with Crippen molar-refractivity contribution in [3.8, 4) is 16.9 Å². The van der Waals surface area contributed by atoms with Crippen molar-refractivity contribution in [2.45, 2.75) is 31.1 Å². The van der Waals surface area contributed by atoms with Gasteiger partial charge in [-0.2, -0.15) is 9.78 Å². The molecule has 11 heteroatoms. The van der Waals surface area contributed by atoms with Crippen LogP contribution in [0.15, 0.2) is 47.4 Å². The topological polar surface area (TPSA) is 119 Å². The van der Waals surface area contributed by atoms with Gasteiger partial charge in [-0.05, 0) is 36.2 Å². The maximum absolute atomic E-state index is 14.1. The Balaban J connectivity index is 1.87. The normalized spacial score (nSPS) is 13.8. The number of halogens is 1. The van der Waals surface area contributed by atoms with E-state index in [4.69, 9.17) is 4.74 Å². The van der Waals surface area contributed by atoms with Crippen molar-refractivity contribution in [2.75, 3.05) is 17.1 Å². The zero-order chi connectivity index (χ0) is 23.8. The number of methoxy groups -OCH3 is 1. The summed E-state index contributed by atoms with van der Waals surface area (Å²) in [5.74, 6) is -1.18. The van der Waals surface area contributed by atoms with E-state index in [1.165, 1.54) is 37.4 Å². The highest BCUT2D eigenvalue weighted by Gasteiger charge is 2.29. The zero-order valence-electron chi connectivity index (χ0n) is 17.9. The lowest BCUT2D eigenvalue weighted by Crippen LogP contribution is -2.15. The molecular weight excluding hydrogens is 451 g/mol. The molecule has 0 saturated carbocycles. The molecule has 1 aliphatic heterocycles. The summed E-state index contributed by atoms with van der Waals surface area (Å²) in [4.78, 5) is 24.4. The van der Waals surface area contributed by atoms with Gasteiger partial charge < -0.3 is 10.1 Å². The molecule has 0 spiro atoms. The molecule has 0 fully saturated rings. The van der Waals surface area contributed by atoms with Gasteiger partial charge in [-0.3, -0.25) is 14.3 Å². The van der Waals surface area contributed by atoms with Crippen molar-refractivity contribution in [2.24, 2.45) is 0 Å². The Morgan fingerprint density at radius 3 is 2.64 bits per heavy atom. The molecule has 2 heterocycles. The predicted octanol–water partition coefficient (Wildman–Crippen LogP) is 3.43. The number of hydrogen-bond donors (Lipinski definition) is 2. The summed E-state index contributed by atoms with van der Waals surface area (Å²) < 4.78 is 49.0. The van der Waals surface area contributed by atoms with Crippen LogP contribution in [0.1, 0.15) is 30.3 Å². The average Bonchev–Trinajstić information content (AvgIpc) is 3.10. The zero-order valence-corrected chi connectivity index (χ0v) is 18.7. The highest BCUT2D eigenvalue weighted by atomic mass is 32.2. The molecule has 1 aliphatic rings. The van der Waals surface area contributed by atoms with Crippen molar-refractivity contribution in [3.05, 3.63) is 54.0 Å². The van der Waals surface area contributed by atoms with E-state index in [9.17, 15) is 22.4 Å². The predicted molar refractivity (Wildman–Crippen MR) is 119 cm³/mol. The number of rotatable bonds is 6. The van der Waals surface area contributed by atoms with Gasteiger partial charge in [-0.1, -0.05) is 25.1 Å². The van der Waals surface area contributed by atoms with Crippen LogP contribution < -0.4 is 14.8 Å². The Hall–Kier alpha value is -3.73. The number of para-hydroxylation sites is 1. The quantitative estimate of drug-likeness (QED) is 0.567. The number of sulfonamides is 1. The SMILES string of the molecule is CCc1nn2c(c1-c1ccc(OC)c(S(=O)(=O)Nc3ccccc3F)c1)NC(=O)CCC2=O. The van der Waals surface area contributed by atoms with Gasteiger partial charge in [0.2, 0.25) is 11.8 Å². The molecule has 3 aromatic rings. The van der Waals surface area contributed by atoms with Crippen LogP contribution in [0.5, 0.6) is 5.75 Å². The molecule has 2 N–H and O–H groups in total. The van der Waals surface area contributed by atoms with Crippen LogP contribution in [0.4, 0.5) is 15.9 Å².